The Morgan fingerprint density at radius 1 is 1.89 bits per heavy atom. The predicted molar refractivity (Wildman–Crippen MR) is 33.3 cm³/mol. The molecule has 3 nitrogen and oxygen atoms in total. The van der Waals surface area contributed by atoms with Gasteiger partial charge in [-0.15, -0.1) is 0 Å². The Hall–Kier alpha value is -1.12. The van der Waals surface area contributed by atoms with Crippen molar-refractivity contribution in [3.63, 3.8) is 0 Å². The minimum atomic E-state index is 0.636. The quantitative estimate of drug-likeness (QED) is 0.544. The number of carbonyl (C=O) groups excluding carboxylic acids is 1. The van der Waals surface area contributed by atoms with E-state index in [1.165, 1.54) is 0 Å². The molecule has 0 atom stereocenters. The average Bonchev–Trinajstić information content (AvgIpc) is 2.34. The molecule has 0 saturated heterocycles. The number of hydrogen-bond acceptors (Lipinski definition) is 2. The monoisotopic (exact) mass is 124 g/mol. The standard InChI is InChI=1S/C6H8N2O/c1-2-8-4-6(5-9)3-7-8/h3-5H,2H2,1H3. The van der Waals surface area contributed by atoms with Crippen molar-refractivity contribution < 1.29 is 4.79 Å². The van der Waals surface area contributed by atoms with E-state index < -0.39 is 0 Å². The van der Waals surface area contributed by atoms with Crippen LogP contribution in [-0.4, -0.2) is 16.1 Å². The van der Waals surface area contributed by atoms with Crippen molar-refractivity contribution >= 4 is 6.29 Å². The van der Waals surface area contributed by atoms with E-state index >= 15 is 0 Å². The number of rotatable bonds is 2. The van der Waals surface area contributed by atoms with Gasteiger partial charge in [0.15, 0.2) is 6.29 Å². The Balaban J connectivity index is 2.86. The van der Waals surface area contributed by atoms with Crippen molar-refractivity contribution in [3.8, 4) is 0 Å². The summed E-state index contributed by atoms with van der Waals surface area (Å²) in [7, 11) is 0. The van der Waals surface area contributed by atoms with Crippen molar-refractivity contribution in [1.82, 2.24) is 9.78 Å². The largest absolute Gasteiger partial charge is 0.298 e. The summed E-state index contributed by atoms with van der Waals surface area (Å²) >= 11 is 0. The maximum absolute atomic E-state index is 10.1. The molecule has 0 bridgehead atoms. The molecule has 1 aromatic heterocycles. The third-order valence-electron chi connectivity index (χ3n) is 1.11. The fourth-order valence-corrected chi connectivity index (χ4v) is 0.613. The first-order valence-corrected chi connectivity index (χ1v) is 2.84. The Morgan fingerprint density at radius 2 is 2.67 bits per heavy atom. The second-order valence-electron chi connectivity index (χ2n) is 1.75. The zero-order chi connectivity index (χ0) is 6.69. The van der Waals surface area contributed by atoms with Crippen LogP contribution in [0.3, 0.4) is 0 Å². The summed E-state index contributed by atoms with van der Waals surface area (Å²) in [6.07, 6.45) is 4.06. The first-order valence-electron chi connectivity index (χ1n) is 2.84. The lowest BCUT2D eigenvalue weighted by Gasteiger charge is -1.88. The van der Waals surface area contributed by atoms with Crippen LogP contribution in [0.2, 0.25) is 0 Å². The van der Waals surface area contributed by atoms with Crippen molar-refractivity contribution in [2.45, 2.75) is 13.5 Å². The smallest absolute Gasteiger partial charge is 0.153 e. The lowest BCUT2D eigenvalue weighted by Crippen LogP contribution is -1.92. The van der Waals surface area contributed by atoms with Gasteiger partial charge in [0, 0.05) is 12.7 Å². The van der Waals surface area contributed by atoms with Gasteiger partial charge in [-0.05, 0) is 6.92 Å². The van der Waals surface area contributed by atoms with E-state index in [0.29, 0.717) is 5.56 Å². The second kappa shape index (κ2) is 2.44. The highest BCUT2D eigenvalue weighted by atomic mass is 16.1. The summed E-state index contributed by atoms with van der Waals surface area (Å²) in [4.78, 5) is 10.1. The third-order valence-corrected chi connectivity index (χ3v) is 1.11. The van der Waals surface area contributed by atoms with Gasteiger partial charge < -0.3 is 0 Å². The Labute approximate surface area is 53.3 Å². The summed E-state index contributed by atoms with van der Waals surface area (Å²) < 4.78 is 1.71. The molecule has 0 fully saturated rings. The summed E-state index contributed by atoms with van der Waals surface area (Å²) in [5.74, 6) is 0. The Morgan fingerprint density at radius 3 is 3.00 bits per heavy atom. The van der Waals surface area contributed by atoms with Crippen LogP contribution in [0.15, 0.2) is 12.4 Å². The molecule has 1 heterocycles. The third kappa shape index (κ3) is 1.16. The van der Waals surface area contributed by atoms with Crippen molar-refractivity contribution in [2.75, 3.05) is 0 Å². The SMILES string of the molecule is CCn1cc(C=O)cn1. The lowest BCUT2D eigenvalue weighted by molar-refractivity contribution is 0.112. The maximum atomic E-state index is 10.1. The first kappa shape index (κ1) is 6.01. The number of aromatic nitrogens is 2. The van der Waals surface area contributed by atoms with Gasteiger partial charge in [-0.3, -0.25) is 9.48 Å². The first-order chi connectivity index (χ1) is 4.36. The van der Waals surface area contributed by atoms with Crippen LogP contribution in [-0.2, 0) is 6.54 Å². The molecule has 0 N–H and O–H groups in total. The van der Waals surface area contributed by atoms with Crippen LogP contribution in [0.25, 0.3) is 0 Å². The van der Waals surface area contributed by atoms with Crippen LogP contribution in [0.4, 0.5) is 0 Å². The van der Waals surface area contributed by atoms with Gasteiger partial charge in [-0.1, -0.05) is 0 Å². The Kier molecular flexibility index (Phi) is 1.63. The van der Waals surface area contributed by atoms with Crippen LogP contribution in [0.1, 0.15) is 17.3 Å². The normalized spacial score (nSPS) is 9.44. The van der Waals surface area contributed by atoms with Crippen LogP contribution in [0.5, 0.6) is 0 Å². The van der Waals surface area contributed by atoms with Crippen molar-refractivity contribution in [1.29, 1.82) is 0 Å². The molecule has 1 rings (SSSR count). The molecule has 0 saturated carbocycles. The summed E-state index contributed by atoms with van der Waals surface area (Å²) in [6, 6.07) is 0. The fraction of sp³-hybridized carbons (Fsp3) is 0.333. The number of aldehydes is 1. The molecule has 0 unspecified atom stereocenters. The highest BCUT2D eigenvalue weighted by molar-refractivity contribution is 5.73. The summed E-state index contributed by atoms with van der Waals surface area (Å²) in [5, 5.41) is 3.89. The van der Waals surface area contributed by atoms with E-state index in [1.54, 1.807) is 17.1 Å². The number of nitrogens with zero attached hydrogens (tertiary/aromatic N) is 2. The zero-order valence-corrected chi connectivity index (χ0v) is 5.24. The van der Waals surface area contributed by atoms with E-state index in [1.807, 2.05) is 6.92 Å². The topological polar surface area (TPSA) is 34.9 Å². The molecular weight excluding hydrogens is 116 g/mol. The van der Waals surface area contributed by atoms with Gasteiger partial charge in [0.05, 0.1) is 11.8 Å². The molecule has 9 heavy (non-hydrogen) atoms. The van der Waals surface area contributed by atoms with Crippen molar-refractivity contribution in [3.05, 3.63) is 18.0 Å². The van der Waals surface area contributed by atoms with E-state index in [2.05, 4.69) is 5.10 Å². The second-order valence-corrected chi connectivity index (χ2v) is 1.75. The van der Waals surface area contributed by atoms with E-state index in [0.717, 1.165) is 12.8 Å². The molecule has 0 radical (unpaired) electrons. The predicted octanol–water partition coefficient (Wildman–Crippen LogP) is 0.715. The van der Waals surface area contributed by atoms with Crippen LogP contribution < -0.4 is 0 Å². The molecule has 0 aromatic carbocycles. The highest BCUT2D eigenvalue weighted by Gasteiger charge is 1.91. The van der Waals surface area contributed by atoms with E-state index in [-0.39, 0.29) is 0 Å². The van der Waals surface area contributed by atoms with Gasteiger partial charge in [0.1, 0.15) is 0 Å². The van der Waals surface area contributed by atoms with Crippen molar-refractivity contribution in [2.24, 2.45) is 0 Å². The zero-order valence-electron chi connectivity index (χ0n) is 5.24. The molecule has 48 valence electrons. The van der Waals surface area contributed by atoms with Gasteiger partial charge >= 0.3 is 0 Å². The Bertz CT molecular complexity index is 205. The van der Waals surface area contributed by atoms with Crippen LogP contribution in [0, 0.1) is 0 Å². The molecule has 0 aliphatic rings. The number of aryl methyl sites for hydroxylation is 1. The molecule has 1 aromatic rings. The molecule has 0 amide bonds. The minimum absolute atomic E-state index is 0.636. The summed E-state index contributed by atoms with van der Waals surface area (Å²) in [5.41, 5.74) is 0.636. The molecular formula is C6H8N2O. The van der Waals surface area contributed by atoms with Crippen LogP contribution >= 0.6 is 0 Å². The summed E-state index contributed by atoms with van der Waals surface area (Å²) in [6.45, 7) is 2.79. The van der Waals surface area contributed by atoms with Gasteiger partial charge in [0.25, 0.3) is 0 Å². The van der Waals surface area contributed by atoms with Gasteiger partial charge in [-0.25, -0.2) is 0 Å². The minimum Gasteiger partial charge on any atom is -0.298 e. The van der Waals surface area contributed by atoms with Gasteiger partial charge in [0.2, 0.25) is 0 Å². The lowest BCUT2D eigenvalue weighted by atomic mass is 10.4. The molecule has 0 aliphatic heterocycles. The van der Waals surface area contributed by atoms with E-state index in [4.69, 9.17) is 0 Å². The van der Waals surface area contributed by atoms with Gasteiger partial charge in [-0.2, -0.15) is 5.10 Å². The number of hydrogen-bond donors (Lipinski definition) is 0. The molecule has 3 heteroatoms. The highest BCUT2D eigenvalue weighted by Crippen LogP contribution is 1.91. The maximum Gasteiger partial charge on any atom is 0.153 e. The molecule has 0 spiro atoms. The molecule has 0 aliphatic carbocycles. The average molecular weight is 124 g/mol. The fourth-order valence-electron chi connectivity index (χ4n) is 0.613. The number of carbonyl (C=O) groups is 1. The van der Waals surface area contributed by atoms with E-state index in [9.17, 15) is 4.79 Å².